The Hall–Kier alpha value is -1.94. The number of aromatic hydroxyl groups is 1. The quantitative estimate of drug-likeness (QED) is 0.505. The van der Waals surface area contributed by atoms with Crippen LogP contribution in [0, 0.1) is 5.41 Å². The minimum Gasteiger partial charge on any atom is -0.507 e. The summed E-state index contributed by atoms with van der Waals surface area (Å²) in [7, 11) is 0. The van der Waals surface area contributed by atoms with E-state index in [1.54, 1.807) is 11.8 Å². The van der Waals surface area contributed by atoms with Gasteiger partial charge in [-0.25, -0.2) is 0 Å². The molecule has 0 atom stereocenters. The van der Waals surface area contributed by atoms with Crippen LogP contribution < -0.4 is 5.32 Å². The van der Waals surface area contributed by atoms with Crippen molar-refractivity contribution in [1.29, 1.82) is 0 Å². The van der Waals surface area contributed by atoms with Crippen molar-refractivity contribution < 1.29 is 9.90 Å². The summed E-state index contributed by atoms with van der Waals surface area (Å²) in [5.74, 6) is 1.17. The van der Waals surface area contributed by atoms with E-state index in [1.165, 1.54) is 5.56 Å². The van der Waals surface area contributed by atoms with Gasteiger partial charge in [0.05, 0.1) is 5.69 Å². The van der Waals surface area contributed by atoms with Gasteiger partial charge in [0.1, 0.15) is 5.75 Å². The van der Waals surface area contributed by atoms with Gasteiger partial charge in [-0.1, -0.05) is 86.6 Å². The molecule has 2 N–H and O–H groups in total. The highest BCUT2D eigenvalue weighted by atomic mass is 32.2. The SMILES string of the molecule is CC(C)(C)C(=O)Nc1ccccc1SCc1cc(C(C)(C)C)c(O)c(C(C)(C)C)c1. The number of anilines is 1. The lowest BCUT2D eigenvalue weighted by Crippen LogP contribution is -2.27. The van der Waals surface area contributed by atoms with Crippen LogP contribution in [0.2, 0.25) is 0 Å². The number of benzene rings is 2. The molecular weight excluding hydrogens is 390 g/mol. The van der Waals surface area contributed by atoms with Crippen LogP contribution >= 0.6 is 11.8 Å². The van der Waals surface area contributed by atoms with Crippen molar-refractivity contribution in [1.82, 2.24) is 0 Å². The van der Waals surface area contributed by atoms with Crippen molar-refractivity contribution in [2.45, 2.75) is 83.8 Å². The molecule has 2 aromatic carbocycles. The zero-order chi connectivity index (χ0) is 22.9. The van der Waals surface area contributed by atoms with Crippen molar-refractivity contribution in [3.8, 4) is 5.75 Å². The topological polar surface area (TPSA) is 49.3 Å². The third-order valence-electron chi connectivity index (χ3n) is 5.00. The summed E-state index contributed by atoms with van der Waals surface area (Å²) in [5, 5.41) is 14.0. The van der Waals surface area contributed by atoms with Crippen LogP contribution in [-0.4, -0.2) is 11.0 Å². The molecule has 0 aromatic heterocycles. The Labute approximate surface area is 186 Å². The number of phenols is 1. The first kappa shape index (κ1) is 24.3. The van der Waals surface area contributed by atoms with Gasteiger partial charge in [-0.2, -0.15) is 0 Å². The number of amides is 1. The summed E-state index contributed by atoms with van der Waals surface area (Å²) < 4.78 is 0. The van der Waals surface area contributed by atoms with Crippen LogP contribution in [0.4, 0.5) is 5.69 Å². The number of hydrogen-bond acceptors (Lipinski definition) is 3. The van der Waals surface area contributed by atoms with Gasteiger partial charge < -0.3 is 10.4 Å². The number of nitrogens with one attached hydrogen (secondary N) is 1. The first-order chi connectivity index (χ1) is 13.6. The molecule has 2 aromatic rings. The summed E-state index contributed by atoms with van der Waals surface area (Å²) in [6, 6.07) is 12.2. The molecule has 0 fully saturated rings. The Morgan fingerprint density at radius 1 is 0.900 bits per heavy atom. The Bertz CT molecular complexity index is 877. The number of hydrogen-bond donors (Lipinski definition) is 2. The van der Waals surface area contributed by atoms with Crippen LogP contribution in [0.3, 0.4) is 0 Å². The molecule has 4 heteroatoms. The van der Waals surface area contributed by atoms with Crippen LogP contribution in [0.1, 0.15) is 79.0 Å². The minimum absolute atomic E-state index is 0.00483. The Morgan fingerprint density at radius 3 is 1.87 bits per heavy atom. The zero-order valence-corrected chi connectivity index (χ0v) is 20.8. The summed E-state index contributed by atoms with van der Waals surface area (Å²) >= 11 is 1.70. The minimum atomic E-state index is -0.446. The van der Waals surface area contributed by atoms with Crippen molar-refractivity contribution in [3.05, 3.63) is 53.1 Å². The van der Waals surface area contributed by atoms with E-state index in [9.17, 15) is 9.90 Å². The van der Waals surface area contributed by atoms with Crippen LogP contribution in [0.5, 0.6) is 5.75 Å². The number of thioether (sulfide) groups is 1. The highest BCUT2D eigenvalue weighted by molar-refractivity contribution is 7.98. The smallest absolute Gasteiger partial charge is 0.229 e. The molecule has 30 heavy (non-hydrogen) atoms. The van der Waals surface area contributed by atoms with Gasteiger partial charge in [0, 0.05) is 16.1 Å². The number of carbonyl (C=O) groups excluding carboxylic acids is 1. The number of phenolic OH excluding ortho intramolecular Hbond substituents is 1. The Balaban J connectivity index is 2.36. The van der Waals surface area contributed by atoms with Gasteiger partial charge in [-0.15, -0.1) is 11.8 Å². The van der Waals surface area contributed by atoms with Crippen molar-refractivity contribution >= 4 is 23.4 Å². The first-order valence-electron chi connectivity index (χ1n) is 10.5. The van der Waals surface area contributed by atoms with Crippen LogP contribution in [0.25, 0.3) is 0 Å². The fourth-order valence-corrected chi connectivity index (χ4v) is 4.03. The molecule has 0 aliphatic carbocycles. The maximum atomic E-state index is 12.5. The highest BCUT2D eigenvalue weighted by Crippen LogP contribution is 2.41. The molecule has 164 valence electrons. The fraction of sp³-hybridized carbons (Fsp3) is 0.500. The second kappa shape index (κ2) is 8.66. The van der Waals surface area contributed by atoms with Crippen molar-refractivity contribution in [2.75, 3.05) is 5.32 Å². The van der Waals surface area contributed by atoms with E-state index >= 15 is 0 Å². The molecule has 1 amide bonds. The van der Waals surface area contributed by atoms with Crippen molar-refractivity contribution in [3.63, 3.8) is 0 Å². The maximum absolute atomic E-state index is 12.5. The molecule has 0 spiro atoms. The predicted molar refractivity (Wildman–Crippen MR) is 130 cm³/mol. The fourth-order valence-electron chi connectivity index (χ4n) is 3.09. The lowest BCUT2D eigenvalue weighted by atomic mass is 9.78. The third-order valence-corrected chi connectivity index (χ3v) is 6.14. The Morgan fingerprint density at radius 2 is 1.40 bits per heavy atom. The molecule has 0 bridgehead atoms. The van der Waals surface area contributed by atoms with E-state index in [0.717, 1.165) is 27.5 Å². The average molecular weight is 428 g/mol. The third kappa shape index (κ3) is 6.04. The van der Waals surface area contributed by atoms with Crippen LogP contribution in [0.15, 0.2) is 41.3 Å². The average Bonchev–Trinajstić information content (AvgIpc) is 2.59. The van der Waals surface area contributed by atoms with Gasteiger partial charge in [-0.05, 0) is 39.7 Å². The lowest BCUT2D eigenvalue weighted by molar-refractivity contribution is -0.123. The largest absolute Gasteiger partial charge is 0.507 e. The van der Waals surface area contributed by atoms with E-state index in [2.05, 4.69) is 59.0 Å². The lowest BCUT2D eigenvalue weighted by Gasteiger charge is -2.28. The van der Waals surface area contributed by atoms with E-state index in [-0.39, 0.29) is 16.7 Å². The van der Waals surface area contributed by atoms with E-state index in [4.69, 9.17) is 0 Å². The predicted octanol–water partition coefficient (Wildman–Crippen LogP) is 7.26. The molecule has 0 saturated carbocycles. The maximum Gasteiger partial charge on any atom is 0.229 e. The number of carbonyl (C=O) groups is 1. The second-order valence-corrected chi connectivity index (χ2v) is 12.0. The molecular formula is C26H37NO2S. The summed E-state index contributed by atoms with van der Waals surface area (Å²) in [5.41, 5.74) is 3.21. The monoisotopic (exact) mass is 427 g/mol. The second-order valence-electron chi connectivity index (χ2n) is 11.0. The molecule has 0 radical (unpaired) electrons. The molecule has 0 heterocycles. The first-order valence-corrected chi connectivity index (χ1v) is 11.5. The zero-order valence-electron chi connectivity index (χ0n) is 19.9. The summed E-state index contributed by atoms with van der Waals surface area (Å²) in [6.45, 7) is 18.5. The van der Waals surface area contributed by atoms with Gasteiger partial charge in [0.25, 0.3) is 0 Å². The van der Waals surface area contributed by atoms with Crippen molar-refractivity contribution in [2.24, 2.45) is 5.41 Å². The van der Waals surface area contributed by atoms with Crippen LogP contribution in [-0.2, 0) is 21.4 Å². The Kier molecular flexibility index (Phi) is 7.03. The van der Waals surface area contributed by atoms with E-state index in [0.29, 0.717) is 5.75 Å². The van der Waals surface area contributed by atoms with Gasteiger partial charge in [0.2, 0.25) is 5.91 Å². The van der Waals surface area contributed by atoms with Gasteiger partial charge in [0.15, 0.2) is 0 Å². The van der Waals surface area contributed by atoms with E-state index < -0.39 is 5.41 Å². The molecule has 2 rings (SSSR count). The molecule has 0 aliphatic rings. The van der Waals surface area contributed by atoms with Gasteiger partial charge in [-0.3, -0.25) is 4.79 Å². The highest BCUT2D eigenvalue weighted by Gasteiger charge is 2.27. The molecule has 3 nitrogen and oxygen atoms in total. The molecule has 0 unspecified atom stereocenters. The van der Waals surface area contributed by atoms with E-state index in [1.807, 2.05) is 45.0 Å². The number of rotatable bonds is 4. The summed E-state index contributed by atoms with van der Waals surface area (Å²) in [6.07, 6.45) is 0. The number of para-hydroxylation sites is 1. The normalized spacial score (nSPS) is 12.7. The molecule has 0 saturated heterocycles. The van der Waals surface area contributed by atoms with Gasteiger partial charge >= 0.3 is 0 Å². The standard InChI is InChI=1S/C26H37NO2S/c1-24(2,3)18-14-17(15-19(22(18)28)25(4,5)6)16-30-21-13-11-10-12-20(21)27-23(29)26(7,8)9/h10-15,28H,16H2,1-9H3,(H,27,29). The molecule has 0 aliphatic heterocycles. The summed E-state index contributed by atoms with van der Waals surface area (Å²) in [4.78, 5) is 13.5.